The molecule has 6 rings (SSSR count). The number of aromatic amines is 2. The number of pyridine rings is 2. The van der Waals surface area contributed by atoms with Gasteiger partial charge >= 0.3 is 0 Å². The summed E-state index contributed by atoms with van der Waals surface area (Å²) in [6.07, 6.45) is 16.2. The van der Waals surface area contributed by atoms with E-state index in [1.165, 1.54) is 5.57 Å². The first-order valence-corrected chi connectivity index (χ1v) is 12.3. The molecule has 0 saturated heterocycles. The number of aromatic nitrogens is 6. The van der Waals surface area contributed by atoms with E-state index < -0.39 is 0 Å². The predicted octanol–water partition coefficient (Wildman–Crippen LogP) is 7.02. The summed E-state index contributed by atoms with van der Waals surface area (Å²) in [7, 11) is 0. The van der Waals surface area contributed by atoms with Gasteiger partial charge in [0.25, 0.3) is 0 Å². The highest BCUT2D eigenvalue weighted by molar-refractivity contribution is 5.97. The summed E-state index contributed by atoms with van der Waals surface area (Å²) < 4.78 is 0. The molecule has 1 aliphatic rings. The fraction of sp³-hybridized carbons (Fsp3) is 0.172. The highest BCUT2D eigenvalue weighted by Gasteiger charge is 2.17. The minimum Gasteiger partial charge on any atom is -0.358 e. The molecular weight excluding hydrogens is 446 g/mol. The van der Waals surface area contributed by atoms with Crippen molar-refractivity contribution in [2.75, 3.05) is 5.32 Å². The molecule has 0 unspecified atom stereocenters. The molecule has 7 nitrogen and oxygen atoms in total. The standard InChI is InChI=1S/C29H27N7/c1-3-4-7-18(2)32-22-14-21(16-30-17-22)20-10-11-25-24(15-20)27(36-35-25)29-33-26-23(19-8-5-6-9-19)12-13-31-28(26)34-29/h5,8-17,32H,2-4,6-7H2,1H3,(H,35,36)(H,31,33,34). The molecule has 4 heterocycles. The number of nitrogens with one attached hydrogen (secondary N) is 3. The maximum absolute atomic E-state index is 4.78. The van der Waals surface area contributed by atoms with Crippen molar-refractivity contribution in [2.24, 2.45) is 0 Å². The molecule has 0 atom stereocenters. The predicted molar refractivity (Wildman–Crippen MR) is 146 cm³/mol. The Morgan fingerprint density at radius 3 is 2.94 bits per heavy atom. The average Bonchev–Trinajstić information content (AvgIpc) is 3.66. The van der Waals surface area contributed by atoms with Gasteiger partial charge in [0.05, 0.1) is 22.9 Å². The summed E-state index contributed by atoms with van der Waals surface area (Å²) in [6.45, 7) is 6.33. The van der Waals surface area contributed by atoms with E-state index >= 15 is 0 Å². The van der Waals surface area contributed by atoms with Crippen molar-refractivity contribution in [2.45, 2.75) is 32.6 Å². The molecule has 0 fully saturated rings. The van der Waals surface area contributed by atoms with E-state index in [0.29, 0.717) is 11.5 Å². The molecule has 3 N–H and O–H groups in total. The second-order valence-electron chi connectivity index (χ2n) is 9.07. The van der Waals surface area contributed by atoms with Gasteiger partial charge in [0.1, 0.15) is 5.69 Å². The molecule has 0 radical (unpaired) electrons. The number of unbranched alkanes of at least 4 members (excludes halogenated alkanes) is 1. The van der Waals surface area contributed by atoms with Crippen LogP contribution in [0.1, 0.15) is 38.2 Å². The lowest BCUT2D eigenvalue weighted by atomic mass is 10.0. The molecule has 0 bridgehead atoms. The Labute approximate surface area is 209 Å². The van der Waals surface area contributed by atoms with Crippen LogP contribution in [0.2, 0.25) is 0 Å². The molecule has 0 aliphatic heterocycles. The maximum Gasteiger partial charge on any atom is 0.178 e. The summed E-state index contributed by atoms with van der Waals surface area (Å²) >= 11 is 0. The summed E-state index contributed by atoms with van der Waals surface area (Å²) in [5.41, 5.74) is 9.61. The van der Waals surface area contributed by atoms with Gasteiger partial charge in [0.2, 0.25) is 0 Å². The van der Waals surface area contributed by atoms with E-state index in [4.69, 9.17) is 4.98 Å². The fourth-order valence-corrected chi connectivity index (χ4v) is 4.62. The average molecular weight is 474 g/mol. The lowest BCUT2D eigenvalue weighted by Crippen LogP contribution is -1.98. The van der Waals surface area contributed by atoms with Crippen LogP contribution < -0.4 is 5.32 Å². The Bertz CT molecular complexity index is 1650. The largest absolute Gasteiger partial charge is 0.358 e. The maximum atomic E-state index is 4.78. The minimum atomic E-state index is 0.683. The monoisotopic (exact) mass is 473 g/mol. The molecule has 5 aromatic rings. The first-order valence-electron chi connectivity index (χ1n) is 12.3. The number of rotatable bonds is 8. The second-order valence-corrected chi connectivity index (χ2v) is 9.07. The lowest BCUT2D eigenvalue weighted by Gasteiger charge is -2.10. The number of fused-ring (bicyclic) bond motifs is 2. The molecule has 178 valence electrons. The lowest BCUT2D eigenvalue weighted by molar-refractivity contribution is 0.791. The van der Waals surface area contributed by atoms with Crippen molar-refractivity contribution in [3.8, 4) is 22.6 Å². The smallest absolute Gasteiger partial charge is 0.178 e. The van der Waals surface area contributed by atoms with E-state index in [-0.39, 0.29) is 0 Å². The van der Waals surface area contributed by atoms with Crippen LogP contribution in [0.5, 0.6) is 0 Å². The molecule has 1 aromatic carbocycles. The normalized spacial score (nSPS) is 13.0. The van der Waals surface area contributed by atoms with Crippen molar-refractivity contribution in [1.82, 2.24) is 30.1 Å². The molecule has 7 heteroatoms. The Morgan fingerprint density at radius 2 is 2.08 bits per heavy atom. The Morgan fingerprint density at radius 1 is 1.14 bits per heavy atom. The van der Waals surface area contributed by atoms with Gasteiger partial charge in [-0.2, -0.15) is 5.10 Å². The van der Waals surface area contributed by atoms with Gasteiger partial charge in [-0.3, -0.25) is 10.1 Å². The minimum absolute atomic E-state index is 0.683. The van der Waals surface area contributed by atoms with Crippen molar-refractivity contribution >= 4 is 33.3 Å². The van der Waals surface area contributed by atoms with E-state index in [0.717, 1.165) is 75.9 Å². The first-order chi connectivity index (χ1) is 17.7. The van der Waals surface area contributed by atoms with E-state index in [9.17, 15) is 0 Å². The molecule has 0 amide bonds. The van der Waals surface area contributed by atoms with Gasteiger partial charge in [0.15, 0.2) is 11.5 Å². The van der Waals surface area contributed by atoms with Gasteiger partial charge in [-0.15, -0.1) is 0 Å². The van der Waals surface area contributed by atoms with Crippen LogP contribution in [-0.4, -0.2) is 30.1 Å². The zero-order valence-electron chi connectivity index (χ0n) is 20.2. The van der Waals surface area contributed by atoms with Crippen molar-refractivity contribution in [3.05, 3.63) is 85.0 Å². The zero-order chi connectivity index (χ0) is 24.5. The van der Waals surface area contributed by atoms with Crippen molar-refractivity contribution in [1.29, 1.82) is 0 Å². The van der Waals surface area contributed by atoms with Crippen LogP contribution in [0.25, 0.3) is 50.3 Å². The number of allylic oxidation sites excluding steroid dienone is 5. The third-order valence-corrected chi connectivity index (χ3v) is 6.49. The van der Waals surface area contributed by atoms with Crippen LogP contribution in [0.15, 0.2) is 79.4 Å². The van der Waals surface area contributed by atoms with E-state index in [2.05, 4.69) is 80.4 Å². The van der Waals surface area contributed by atoms with Crippen molar-refractivity contribution in [3.63, 3.8) is 0 Å². The first kappa shape index (κ1) is 22.0. The SMILES string of the molecule is C=C(CCCC)Nc1cncc(-c2ccc3[nH]nc(-c4nc5nccc(C6=CCC=C6)c5[nH]4)c3c2)c1. The Balaban J connectivity index is 1.36. The fourth-order valence-electron chi connectivity index (χ4n) is 4.62. The third-order valence-electron chi connectivity index (χ3n) is 6.49. The number of hydrogen-bond donors (Lipinski definition) is 3. The number of nitrogens with zero attached hydrogens (tertiary/aromatic N) is 4. The van der Waals surface area contributed by atoms with Crippen LogP contribution >= 0.6 is 0 Å². The van der Waals surface area contributed by atoms with Gasteiger partial charge in [0, 0.05) is 34.6 Å². The number of hydrogen-bond acceptors (Lipinski definition) is 5. The summed E-state index contributed by atoms with van der Waals surface area (Å²) in [5.74, 6) is 0.691. The number of anilines is 1. The number of imidazole rings is 1. The van der Waals surface area contributed by atoms with Crippen LogP contribution in [-0.2, 0) is 0 Å². The van der Waals surface area contributed by atoms with Gasteiger partial charge in [-0.1, -0.05) is 44.2 Å². The Hall–Kier alpha value is -4.52. The van der Waals surface area contributed by atoms with Crippen molar-refractivity contribution < 1.29 is 0 Å². The van der Waals surface area contributed by atoms with Gasteiger partial charge in [-0.05, 0) is 54.7 Å². The second kappa shape index (κ2) is 9.26. The highest BCUT2D eigenvalue weighted by Crippen LogP contribution is 2.33. The highest BCUT2D eigenvalue weighted by atomic mass is 15.1. The third kappa shape index (κ3) is 4.09. The quantitative estimate of drug-likeness (QED) is 0.225. The van der Waals surface area contributed by atoms with E-state index in [1.807, 2.05) is 24.5 Å². The zero-order valence-corrected chi connectivity index (χ0v) is 20.2. The Kier molecular flexibility index (Phi) is 5.65. The van der Waals surface area contributed by atoms with Crippen LogP contribution in [0.3, 0.4) is 0 Å². The summed E-state index contributed by atoms with van der Waals surface area (Å²) in [6, 6.07) is 10.4. The van der Waals surface area contributed by atoms with E-state index in [1.54, 1.807) is 6.20 Å². The molecular formula is C29H27N7. The summed E-state index contributed by atoms with van der Waals surface area (Å²) in [4.78, 5) is 17.2. The molecule has 0 saturated carbocycles. The summed E-state index contributed by atoms with van der Waals surface area (Å²) in [5, 5.41) is 12.1. The molecule has 36 heavy (non-hydrogen) atoms. The van der Waals surface area contributed by atoms with Gasteiger partial charge in [-0.25, -0.2) is 9.97 Å². The molecule has 4 aromatic heterocycles. The molecule has 1 aliphatic carbocycles. The van der Waals surface area contributed by atoms with Crippen LogP contribution in [0, 0.1) is 0 Å². The number of H-pyrrole nitrogens is 2. The van der Waals surface area contributed by atoms with Gasteiger partial charge < -0.3 is 10.3 Å². The number of benzene rings is 1. The molecule has 0 spiro atoms. The van der Waals surface area contributed by atoms with Crippen LogP contribution in [0.4, 0.5) is 5.69 Å². The topological polar surface area (TPSA) is 95.2 Å².